The minimum Gasteiger partial charge on any atom is -0.306 e. The Kier molecular flexibility index (Phi) is 7.25. The summed E-state index contributed by atoms with van der Waals surface area (Å²) in [5.41, 5.74) is 0. The van der Waals surface area contributed by atoms with E-state index in [1.807, 2.05) is 13.8 Å². The molecule has 1 saturated carbocycles. The molecule has 0 radical (unpaired) electrons. The summed E-state index contributed by atoms with van der Waals surface area (Å²) in [5, 5.41) is 0. The van der Waals surface area contributed by atoms with Crippen molar-refractivity contribution in [3.8, 4) is 0 Å². The van der Waals surface area contributed by atoms with Gasteiger partial charge >= 0.3 is 0 Å². The summed E-state index contributed by atoms with van der Waals surface area (Å²) in [6.07, 6.45) is 5.89. The predicted octanol–water partition coefficient (Wildman–Crippen LogP) is 3.47. The summed E-state index contributed by atoms with van der Waals surface area (Å²) in [6.45, 7) is 14.0. The molecule has 0 atom stereocenters. The molecule has 3 heterocycles. The second kappa shape index (κ2) is 8.16. The van der Waals surface area contributed by atoms with Gasteiger partial charge in [0.05, 0.1) is 0 Å². The highest BCUT2D eigenvalue weighted by Gasteiger charge is 2.37. The molecule has 18 heavy (non-hydrogen) atoms. The summed E-state index contributed by atoms with van der Waals surface area (Å²) in [7, 11) is 2.17. The van der Waals surface area contributed by atoms with Crippen LogP contribution in [0.5, 0.6) is 0 Å². The van der Waals surface area contributed by atoms with Crippen molar-refractivity contribution in [2.45, 2.75) is 59.4 Å². The Hall–Kier alpha value is -0.0800. The first-order chi connectivity index (χ1) is 8.65. The normalized spacial score (nSPS) is 31.0. The average molecular weight is 254 g/mol. The maximum absolute atomic E-state index is 2.63. The van der Waals surface area contributed by atoms with Gasteiger partial charge in [-0.1, -0.05) is 13.8 Å². The van der Waals surface area contributed by atoms with E-state index in [9.17, 15) is 0 Å². The molecule has 0 unspecified atom stereocenters. The molecule has 2 bridgehead atoms. The highest BCUT2D eigenvalue weighted by molar-refractivity contribution is 4.90. The lowest BCUT2D eigenvalue weighted by Crippen LogP contribution is -2.50. The third-order valence-corrected chi connectivity index (χ3v) is 4.38. The zero-order valence-corrected chi connectivity index (χ0v) is 13.3. The van der Waals surface area contributed by atoms with Gasteiger partial charge in [-0.15, -0.1) is 0 Å². The monoisotopic (exact) mass is 254 g/mol. The van der Waals surface area contributed by atoms with Crippen LogP contribution >= 0.6 is 0 Å². The molecular weight excluding hydrogens is 220 g/mol. The van der Waals surface area contributed by atoms with Gasteiger partial charge in [-0.2, -0.15) is 0 Å². The molecule has 4 aliphatic rings. The van der Waals surface area contributed by atoms with Gasteiger partial charge in [0, 0.05) is 19.1 Å². The van der Waals surface area contributed by atoms with Crippen molar-refractivity contribution in [3.05, 3.63) is 0 Å². The van der Waals surface area contributed by atoms with E-state index in [4.69, 9.17) is 0 Å². The van der Waals surface area contributed by atoms with Crippen LogP contribution in [0.3, 0.4) is 0 Å². The van der Waals surface area contributed by atoms with E-state index >= 15 is 0 Å². The van der Waals surface area contributed by atoms with E-state index in [1.54, 1.807) is 0 Å². The van der Waals surface area contributed by atoms with E-state index in [0.717, 1.165) is 17.9 Å². The standard InChI is InChI=1S/C9H17N.C5H11N.C2H6/c1-7(2)10-5-8-3-9(4-8)6-10;1-6-4-2-3-5-6;1-2/h7-9H,3-6H2,1-2H3;2-5H2,1H3;1-2H3. The van der Waals surface area contributed by atoms with Crippen LogP contribution < -0.4 is 0 Å². The molecule has 3 saturated heterocycles. The fourth-order valence-electron chi connectivity index (χ4n) is 3.21. The molecule has 0 aromatic rings. The molecule has 4 fully saturated rings. The topological polar surface area (TPSA) is 6.48 Å². The minimum absolute atomic E-state index is 0.783. The van der Waals surface area contributed by atoms with Crippen molar-refractivity contribution in [1.29, 1.82) is 0 Å². The number of rotatable bonds is 1. The zero-order chi connectivity index (χ0) is 13.5. The molecule has 0 N–H and O–H groups in total. The summed E-state index contributed by atoms with van der Waals surface area (Å²) in [6, 6.07) is 0.783. The number of fused-ring (bicyclic) bond motifs is 2. The molecule has 4 rings (SSSR count). The molecule has 0 spiro atoms. The molecule has 2 nitrogen and oxygen atoms in total. The Morgan fingerprint density at radius 2 is 1.33 bits per heavy atom. The first-order valence-corrected chi connectivity index (χ1v) is 8.07. The molecule has 0 aromatic heterocycles. The van der Waals surface area contributed by atoms with Crippen LogP contribution in [0.2, 0.25) is 0 Å². The third kappa shape index (κ3) is 4.89. The highest BCUT2D eigenvalue weighted by Crippen LogP contribution is 2.39. The van der Waals surface area contributed by atoms with Crippen molar-refractivity contribution in [2.24, 2.45) is 11.8 Å². The Bertz CT molecular complexity index is 193. The second-order valence-electron chi connectivity index (χ2n) is 6.26. The number of hydrogen-bond donors (Lipinski definition) is 0. The number of nitrogens with zero attached hydrogens (tertiary/aromatic N) is 2. The van der Waals surface area contributed by atoms with Crippen LogP contribution in [0.25, 0.3) is 0 Å². The molecule has 3 aliphatic heterocycles. The highest BCUT2D eigenvalue weighted by atomic mass is 15.2. The average Bonchev–Trinajstić information content (AvgIpc) is 2.83. The van der Waals surface area contributed by atoms with Gasteiger partial charge in [0.15, 0.2) is 0 Å². The molecule has 2 heteroatoms. The largest absolute Gasteiger partial charge is 0.306 e. The van der Waals surface area contributed by atoms with Crippen molar-refractivity contribution in [3.63, 3.8) is 0 Å². The van der Waals surface area contributed by atoms with Crippen LogP contribution in [0.1, 0.15) is 53.4 Å². The minimum atomic E-state index is 0.783. The van der Waals surface area contributed by atoms with Crippen LogP contribution in [-0.4, -0.2) is 49.1 Å². The lowest BCUT2D eigenvalue weighted by atomic mass is 9.71. The lowest BCUT2D eigenvalue weighted by molar-refractivity contribution is 0.00980. The summed E-state index contributed by atoms with van der Waals surface area (Å²) < 4.78 is 0. The fraction of sp³-hybridized carbons (Fsp3) is 1.00. The maximum Gasteiger partial charge on any atom is 0.00388 e. The van der Waals surface area contributed by atoms with Crippen LogP contribution in [0.15, 0.2) is 0 Å². The number of piperidine rings is 2. The van der Waals surface area contributed by atoms with E-state index in [1.165, 1.54) is 51.9 Å². The molecule has 1 aliphatic carbocycles. The van der Waals surface area contributed by atoms with Crippen LogP contribution in [-0.2, 0) is 0 Å². The second-order valence-corrected chi connectivity index (χ2v) is 6.26. The Labute approximate surface area is 115 Å². The van der Waals surface area contributed by atoms with Gasteiger partial charge in [-0.05, 0) is 71.5 Å². The molecule has 0 aromatic carbocycles. The zero-order valence-electron chi connectivity index (χ0n) is 13.3. The van der Waals surface area contributed by atoms with E-state index in [-0.39, 0.29) is 0 Å². The van der Waals surface area contributed by atoms with Gasteiger partial charge in [0.25, 0.3) is 0 Å². The van der Waals surface area contributed by atoms with Gasteiger partial charge in [0.1, 0.15) is 0 Å². The van der Waals surface area contributed by atoms with E-state index < -0.39 is 0 Å². The summed E-state index contributed by atoms with van der Waals surface area (Å²) >= 11 is 0. The Morgan fingerprint density at radius 3 is 1.56 bits per heavy atom. The van der Waals surface area contributed by atoms with Crippen molar-refractivity contribution >= 4 is 0 Å². The van der Waals surface area contributed by atoms with Crippen molar-refractivity contribution < 1.29 is 0 Å². The Morgan fingerprint density at radius 1 is 0.889 bits per heavy atom. The van der Waals surface area contributed by atoms with Crippen molar-refractivity contribution in [1.82, 2.24) is 9.80 Å². The van der Waals surface area contributed by atoms with Gasteiger partial charge < -0.3 is 9.80 Å². The van der Waals surface area contributed by atoms with Gasteiger partial charge in [0.2, 0.25) is 0 Å². The molecular formula is C16H34N2. The SMILES string of the molecule is CC.CC(C)N1CC2CC(C2)C1.CN1CCCC1. The molecule has 0 amide bonds. The van der Waals surface area contributed by atoms with Crippen LogP contribution in [0.4, 0.5) is 0 Å². The summed E-state index contributed by atoms with van der Waals surface area (Å²) in [4.78, 5) is 4.99. The smallest absolute Gasteiger partial charge is 0.00388 e. The quantitative estimate of drug-likeness (QED) is 0.707. The predicted molar refractivity (Wildman–Crippen MR) is 81.0 cm³/mol. The van der Waals surface area contributed by atoms with Crippen molar-refractivity contribution in [2.75, 3.05) is 33.2 Å². The maximum atomic E-state index is 2.63. The van der Waals surface area contributed by atoms with E-state index in [0.29, 0.717) is 0 Å². The molecule has 108 valence electrons. The third-order valence-electron chi connectivity index (χ3n) is 4.38. The van der Waals surface area contributed by atoms with Gasteiger partial charge in [-0.25, -0.2) is 0 Å². The van der Waals surface area contributed by atoms with Gasteiger partial charge in [-0.3, -0.25) is 0 Å². The summed E-state index contributed by atoms with van der Waals surface area (Å²) in [5.74, 6) is 2.14. The number of likely N-dealkylation sites (tertiary alicyclic amines) is 1. The first kappa shape index (κ1) is 16.0. The number of hydrogen-bond acceptors (Lipinski definition) is 2. The van der Waals surface area contributed by atoms with E-state index in [2.05, 4.69) is 30.7 Å². The van der Waals surface area contributed by atoms with Crippen LogP contribution in [0, 0.1) is 11.8 Å². The lowest BCUT2D eigenvalue weighted by Gasteiger charge is -2.48. The Balaban J connectivity index is 0.000000174. The fourth-order valence-corrected chi connectivity index (χ4v) is 3.21. The first-order valence-electron chi connectivity index (χ1n) is 8.07.